The van der Waals surface area contributed by atoms with Gasteiger partial charge in [0.05, 0.1) is 0 Å². The van der Waals surface area contributed by atoms with Crippen molar-refractivity contribution in [3.63, 3.8) is 0 Å². The molecule has 0 N–H and O–H groups in total. The van der Waals surface area contributed by atoms with E-state index in [4.69, 9.17) is 0 Å². The Kier molecular flexibility index (Phi) is 107. The molecule has 0 atom stereocenters. The minimum atomic E-state index is 0. The van der Waals surface area contributed by atoms with Crippen molar-refractivity contribution in [3.8, 4) is 0 Å². The first-order chi connectivity index (χ1) is 29.7. The molecule has 0 saturated heterocycles. The van der Waals surface area contributed by atoms with Crippen LogP contribution in [0.1, 0.15) is 276 Å². The van der Waals surface area contributed by atoms with Gasteiger partial charge in [0.25, 0.3) is 0 Å². The summed E-state index contributed by atoms with van der Waals surface area (Å²) in [4.78, 5) is 0. The van der Waals surface area contributed by atoms with Crippen molar-refractivity contribution < 1.29 is 61.3 Å². The third-order valence-corrected chi connectivity index (χ3v) is 17.5. The van der Waals surface area contributed by atoms with Crippen molar-refractivity contribution in [2.75, 3.05) is 0 Å². The first-order valence-electron chi connectivity index (χ1n) is 28.1. The minimum Gasteiger partial charge on any atom is 0 e. The first-order valence-corrected chi connectivity index (χ1v) is 28.1. The predicted octanol–water partition coefficient (Wildman–Crippen LogP) is 25.0. The Morgan fingerprint density at radius 2 is 0.380 bits per heavy atom. The van der Waals surface area contributed by atoms with Gasteiger partial charge < -0.3 is 44.1 Å². The molecule has 0 aromatic carbocycles. The number of hydrogen-bond acceptors (Lipinski definition) is 0. The van der Waals surface area contributed by atoms with Crippen LogP contribution in [0.4, 0.5) is 0 Å². The first kappa shape index (κ1) is 104. The summed E-state index contributed by atoms with van der Waals surface area (Å²) in [6, 6.07) is 0. The third kappa shape index (κ3) is 54.1. The van der Waals surface area contributed by atoms with E-state index in [1.807, 2.05) is 0 Å². The number of hydrogen-bond donors (Lipinski definition) is 0. The largest absolute Gasteiger partial charge is 0 e. The van der Waals surface area contributed by atoms with Crippen molar-refractivity contribution in [3.05, 3.63) is 81.8 Å². The molecule has 0 aromatic heterocycles. The van der Waals surface area contributed by atoms with Crippen LogP contribution in [0.25, 0.3) is 0 Å². The van der Waals surface area contributed by atoms with Gasteiger partial charge in [-0.1, -0.05) is 293 Å². The normalized spacial score (nSPS) is 27.5. The van der Waals surface area contributed by atoms with E-state index < -0.39 is 0 Å². The second-order valence-corrected chi connectivity index (χ2v) is 21.5. The summed E-state index contributed by atoms with van der Waals surface area (Å²) in [6.07, 6.45) is 29.4. The summed E-state index contributed by atoms with van der Waals surface area (Å²) < 4.78 is 0. The molecule has 3 heteroatoms. The maximum absolute atomic E-state index is 3.80. The molecule has 0 unspecified atom stereocenters. The van der Waals surface area contributed by atoms with E-state index in [2.05, 4.69) is 183 Å². The van der Waals surface area contributed by atoms with E-state index in [0.29, 0.717) is 0 Å². The molecular formula is C68H147Rh3-. The van der Waals surface area contributed by atoms with Crippen molar-refractivity contribution in [2.45, 2.75) is 273 Å². The molecule has 0 nitrogen and oxygen atoms in total. The molecule has 3 rings (SSSR count). The van der Waals surface area contributed by atoms with Gasteiger partial charge in [-0.3, -0.25) is 0 Å². The van der Waals surface area contributed by atoms with E-state index in [0.717, 1.165) is 95.2 Å². The van der Waals surface area contributed by atoms with Gasteiger partial charge >= 0.3 is 39.0 Å². The Morgan fingerprint density at radius 1 is 0.296 bits per heavy atom. The number of unbranched alkanes of at least 4 members (excludes halogenated alkanes) is 18. The van der Waals surface area contributed by atoms with E-state index in [1.54, 1.807) is 0 Å². The molecule has 0 bridgehead atoms. The molecular weight excluding hydrogens is 1130 g/mol. The van der Waals surface area contributed by atoms with Crippen LogP contribution in [0.3, 0.4) is 0 Å². The molecule has 0 aliphatic heterocycles. The molecule has 3 aliphatic rings. The molecule has 2 radical (unpaired) electrons. The van der Waals surface area contributed by atoms with Crippen molar-refractivity contribution in [1.82, 2.24) is 0 Å². The van der Waals surface area contributed by atoms with Gasteiger partial charge in [0.15, 0.2) is 0 Å². The van der Waals surface area contributed by atoms with Gasteiger partial charge in [-0.15, -0.1) is 11.5 Å². The Balaban J connectivity index is -0.0000000405. The second kappa shape index (κ2) is 73.0. The topological polar surface area (TPSA) is 0 Å². The predicted molar refractivity (Wildman–Crippen MR) is 335 cm³/mol. The van der Waals surface area contributed by atoms with Gasteiger partial charge in [0, 0.05) is 22.3 Å². The van der Waals surface area contributed by atoms with Crippen LogP contribution in [-0.2, 0) is 58.4 Å². The summed E-state index contributed by atoms with van der Waals surface area (Å²) in [5.41, 5.74) is 4.50. The maximum Gasteiger partial charge on any atom is 0 e. The molecule has 3 aliphatic carbocycles. The summed E-state index contributed by atoms with van der Waals surface area (Å²) in [5, 5.41) is 0. The third-order valence-electron chi connectivity index (χ3n) is 17.5. The van der Waals surface area contributed by atoms with Gasteiger partial charge in [-0.2, -0.15) is 6.42 Å². The Hall–Kier alpha value is 0.910. The summed E-state index contributed by atoms with van der Waals surface area (Å²) in [5.74, 6) is 14.0. The zero-order valence-corrected chi connectivity index (χ0v) is 59.1. The average molecular weight is 1270 g/mol. The molecule has 0 heterocycles. The van der Waals surface area contributed by atoms with Crippen LogP contribution in [0, 0.1) is 133 Å². The van der Waals surface area contributed by atoms with Gasteiger partial charge in [-0.05, 0) is 88.8 Å². The summed E-state index contributed by atoms with van der Waals surface area (Å²) in [6.45, 7) is 63.6. The molecule has 0 spiro atoms. The van der Waals surface area contributed by atoms with Crippen molar-refractivity contribution >= 4 is 0 Å². The average Bonchev–Trinajstić information content (AvgIpc) is 3.63. The van der Waals surface area contributed by atoms with Crippen LogP contribution in [-0.4, -0.2) is 0 Å². The van der Waals surface area contributed by atoms with Gasteiger partial charge in [-0.25, -0.2) is 0 Å². The van der Waals surface area contributed by atoms with E-state index in [9.17, 15) is 0 Å². The zero-order chi connectivity index (χ0) is 49.9. The van der Waals surface area contributed by atoms with Crippen LogP contribution in [0.5, 0.6) is 0 Å². The molecule has 447 valence electrons. The smallest absolute Gasteiger partial charge is 0 e. The molecule has 0 aromatic rings. The zero-order valence-electron chi connectivity index (χ0n) is 54.1. The molecule has 3 saturated carbocycles. The van der Waals surface area contributed by atoms with E-state index >= 15 is 0 Å². The Bertz CT molecular complexity index is 723. The minimum absolute atomic E-state index is 0. The van der Waals surface area contributed by atoms with E-state index in [1.165, 1.54) is 128 Å². The van der Waals surface area contributed by atoms with Crippen LogP contribution < -0.4 is 0 Å². The van der Waals surface area contributed by atoms with Crippen LogP contribution in [0.15, 0.2) is 37.8 Å². The van der Waals surface area contributed by atoms with Crippen LogP contribution in [0.2, 0.25) is 0 Å². The monoisotopic (exact) mass is 1270 g/mol. The van der Waals surface area contributed by atoms with Crippen molar-refractivity contribution in [1.29, 1.82) is 0 Å². The quantitative estimate of drug-likeness (QED) is 0.0555. The Labute approximate surface area is 501 Å². The fourth-order valence-corrected chi connectivity index (χ4v) is 10.2. The van der Waals surface area contributed by atoms with Gasteiger partial charge in [0.2, 0.25) is 0 Å². The fourth-order valence-electron chi connectivity index (χ4n) is 10.2. The molecule has 0 amide bonds. The standard InChI is InChI=1S/3C10H20.2C9H20.C9H19.2C3H4.5CH3.3Rh.2H2.H/c3*1-6-7(2)9(4)10(5)8(6)3;3*1-3-5-7-9-8-6-4-2;2*1-3-2;;;;;;;;;;;/h3*6-10H,1-5H3;2*3-9H2,1-2H3;1,3-9H2,2H3;2*1-2H2;5*1H3;;;;2*1H;/q;;;;;-1;;;5*-1;;+2;+3;;;/i;;;;;;;;;;;;;;;;1+1;;. The Morgan fingerprint density at radius 3 is 0.465 bits per heavy atom. The SMILES string of the molecule is C=C=C.C=C=C.CC1C(C)C(C)C(C)C1C.CC1C(C)C(C)C(C)C1C.CC1C(C)C(C)C(C)C1C.CCCCCCCCC.CCCCCCCCC.[2HH].[CH2-]CCCCCCCC.[CH3-].[CH3-].[CH3-].[CH3-].[CH3-].[HH].[Rh+3].[RhH+2].[Rh]. The number of rotatable bonds is 18. The van der Waals surface area contributed by atoms with Crippen LogP contribution >= 0.6 is 0 Å². The summed E-state index contributed by atoms with van der Waals surface area (Å²) >= 11 is 0. The summed E-state index contributed by atoms with van der Waals surface area (Å²) in [7, 11) is 0. The van der Waals surface area contributed by atoms with Gasteiger partial charge in [0.1, 0.15) is 0 Å². The molecule has 3 fully saturated rings. The maximum atomic E-state index is 3.80. The molecule has 71 heavy (non-hydrogen) atoms. The fraction of sp³-hybridized carbons (Fsp3) is 0.824. The van der Waals surface area contributed by atoms with E-state index in [-0.39, 0.29) is 98.4 Å². The second-order valence-electron chi connectivity index (χ2n) is 21.5. The van der Waals surface area contributed by atoms with Crippen molar-refractivity contribution in [2.24, 2.45) is 88.8 Å².